The van der Waals surface area contributed by atoms with Crippen molar-refractivity contribution in [1.82, 2.24) is 29.7 Å². The lowest BCUT2D eigenvalue weighted by Gasteiger charge is -2.29. The van der Waals surface area contributed by atoms with E-state index in [2.05, 4.69) is 20.5 Å². The number of amides is 1. The van der Waals surface area contributed by atoms with E-state index < -0.39 is 15.9 Å². The lowest BCUT2D eigenvalue weighted by molar-refractivity contribution is 0.0934. The Morgan fingerprint density at radius 1 is 1.19 bits per heavy atom. The van der Waals surface area contributed by atoms with Gasteiger partial charge in [-0.2, -0.15) is 10.2 Å². The minimum absolute atomic E-state index is 0.0381. The first-order chi connectivity index (χ1) is 15.3. The van der Waals surface area contributed by atoms with E-state index in [9.17, 15) is 13.2 Å². The Kier molecular flexibility index (Phi) is 5.07. The zero-order valence-electron chi connectivity index (χ0n) is 17.2. The summed E-state index contributed by atoms with van der Waals surface area (Å²) in [7, 11) is -1.27. The number of thiophene rings is 1. The van der Waals surface area contributed by atoms with Crippen LogP contribution in [0.1, 0.15) is 16.1 Å². The Morgan fingerprint density at radius 2 is 2.00 bits per heavy atom. The van der Waals surface area contributed by atoms with Crippen LogP contribution >= 0.6 is 11.3 Å². The molecule has 166 valence electrons. The quantitative estimate of drug-likeness (QED) is 0.455. The fourth-order valence-corrected chi connectivity index (χ4v) is 6.23. The SMILES string of the molecule is Cn1cc(-c2cnc3c(-c4csc(C(=O)N[C@H]5CCS(=O)(=O)C[C@@H]5N)c4)cnn3c2)cn1. The molecule has 5 rings (SSSR count). The molecule has 2 atom stereocenters. The number of aryl methyl sites for hydroxylation is 1. The average molecular weight is 472 g/mol. The molecule has 12 heteroatoms. The van der Waals surface area contributed by atoms with Crippen LogP contribution in [0.3, 0.4) is 0 Å². The maximum atomic E-state index is 12.7. The number of fused-ring (bicyclic) bond motifs is 1. The van der Waals surface area contributed by atoms with Crippen LogP contribution in [-0.2, 0) is 16.9 Å². The average Bonchev–Trinajstić information content (AvgIpc) is 3.48. The number of aromatic nitrogens is 5. The molecule has 4 aromatic heterocycles. The Hall–Kier alpha value is -3.09. The summed E-state index contributed by atoms with van der Waals surface area (Å²) in [6.07, 6.45) is 9.39. The van der Waals surface area contributed by atoms with Gasteiger partial charge in [-0.05, 0) is 23.4 Å². The summed E-state index contributed by atoms with van der Waals surface area (Å²) in [4.78, 5) is 17.8. The van der Waals surface area contributed by atoms with Crippen LogP contribution in [0.4, 0.5) is 0 Å². The molecule has 3 N–H and O–H groups in total. The third-order valence-electron chi connectivity index (χ3n) is 5.55. The van der Waals surface area contributed by atoms with E-state index in [1.165, 1.54) is 11.3 Å². The van der Waals surface area contributed by atoms with Gasteiger partial charge in [-0.15, -0.1) is 11.3 Å². The molecule has 0 aromatic carbocycles. The molecule has 1 aliphatic heterocycles. The number of nitrogens with one attached hydrogen (secondary N) is 1. The Morgan fingerprint density at radius 3 is 2.75 bits per heavy atom. The highest BCUT2D eigenvalue weighted by Crippen LogP contribution is 2.29. The monoisotopic (exact) mass is 471 g/mol. The van der Waals surface area contributed by atoms with Crippen molar-refractivity contribution < 1.29 is 13.2 Å². The highest BCUT2D eigenvalue weighted by molar-refractivity contribution is 7.91. The number of nitrogens with zero attached hydrogens (tertiary/aromatic N) is 5. The lowest BCUT2D eigenvalue weighted by atomic mass is 10.1. The van der Waals surface area contributed by atoms with Crippen molar-refractivity contribution in [1.29, 1.82) is 0 Å². The second-order valence-corrected chi connectivity index (χ2v) is 11.1. The molecule has 32 heavy (non-hydrogen) atoms. The number of rotatable bonds is 4. The topological polar surface area (TPSA) is 137 Å². The van der Waals surface area contributed by atoms with Gasteiger partial charge in [-0.1, -0.05) is 0 Å². The first-order valence-electron chi connectivity index (χ1n) is 9.97. The minimum atomic E-state index is -3.13. The van der Waals surface area contributed by atoms with Crippen molar-refractivity contribution in [2.45, 2.75) is 18.5 Å². The van der Waals surface area contributed by atoms with Gasteiger partial charge in [0, 0.05) is 54.4 Å². The van der Waals surface area contributed by atoms with E-state index in [1.807, 2.05) is 24.8 Å². The fraction of sp³-hybridized carbons (Fsp3) is 0.300. The molecule has 4 aromatic rings. The van der Waals surface area contributed by atoms with Gasteiger partial charge < -0.3 is 11.1 Å². The lowest BCUT2D eigenvalue weighted by Crippen LogP contribution is -2.54. The minimum Gasteiger partial charge on any atom is -0.347 e. The largest absolute Gasteiger partial charge is 0.347 e. The molecule has 0 radical (unpaired) electrons. The van der Waals surface area contributed by atoms with Gasteiger partial charge in [0.2, 0.25) is 0 Å². The predicted octanol–water partition coefficient (Wildman–Crippen LogP) is 1.10. The molecular weight excluding hydrogens is 450 g/mol. The Balaban J connectivity index is 1.35. The van der Waals surface area contributed by atoms with Crippen molar-refractivity contribution in [3.63, 3.8) is 0 Å². The van der Waals surface area contributed by atoms with E-state index in [4.69, 9.17) is 5.73 Å². The van der Waals surface area contributed by atoms with E-state index >= 15 is 0 Å². The number of sulfone groups is 1. The van der Waals surface area contributed by atoms with Gasteiger partial charge in [0.1, 0.15) is 0 Å². The first kappa shape index (κ1) is 20.8. The number of carbonyl (C=O) groups excluding carboxylic acids is 1. The number of nitrogens with two attached hydrogens (primary N) is 1. The van der Waals surface area contributed by atoms with Crippen molar-refractivity contribution in [2.75, 3.05) is 11.5 Å². The normalized spacial score (nSPS) is 20.4. The summed E-state index contributed by atoms with van der Waals surface area (Å²) in [5.74, 6) is -0.330. The van der Waals surface area contributed by atoms with E-state index in [-0.39, 0.29) is 23.5 Å². The smallest absolute Gasteiger partial charge is 0.261 e. The van der Waals surface area contributed by atoms with Crippen molar-refractivity contribution >= 4 is 32.7 Å². The molecule has 0 bridgehead atoms. The predicted molar refractivity (Wildman–Crippen MR) is 121 cm³/mol. The highest BCUT2D eigenvalue weighted by atomic mass is 32.2. The van der Waals surface area contributed by atoms with Gasteiger partial charge in [0.25, 0.3) is 5.91 Å². The molecule has 0 saturated carbocycles. The molecule has 1 aliphatic rings. The highest BCUT2D eigenvalue weighted by Gasteiger charge is 2.32. The summed E-state index contributed by atoms with van der Waals surface area (Å²) in [5, 5.41) is 13.4. The van der Waals surface area contributed by atoms with Crippen LogP contribution in [0.25, 0.3) is 27.9 Å². The van der Waals surface area contributed by atoms with E-state index in [0.29, 0.717) is 16.9 Å². The van der Waals surface area contributed by atoms with Gasteiger partial charge in [-0.3, -0.25) is 9.48 Å². The van der Waals surface area contributed by atoms with Crippen LogP contribution in [0.2, 0.25) is 0 Å². The summed E-state index contributed by atoms with van der Waals surface area (Å²) in [5.41, 5.74) is 10.2. The molecule has 5 heterocycles. The van der Waals surface area contributed by atoms with Crippen LogP contribution in [0.5, 0.6) is 0 Å². The van der Waals surface area contributed by atoms with Crippen molar-refractivity contribution in [3.05, 3.63) is 47.3 Å². The van der Waals surface area contributed by atoms with Crippen LogP contribution in [0, 0.1) is 0 Å². The number of carbonyl (C=O) groups is 1. The third-order valence-corrected chi connectivity index (χ3v) is 8.23. The van der Waals surface area contributed by atoms with Crippen molar-refractivity contribution in [2.24, 2.45) is 12.8 Å². The molecular formula is C20H21N7O3S2. The molecule has 0 unspecified atom stereocenters. The van der Waals surface area contributed by atoms with Crippen molar-refractivity contribution in [3.8, 4) is 22.3 Å². The second-order valence-electron chi connectivity index (χ2n) is 7.92. The van der Waals surface area contributed by atoms with Crippen LogP contribution < -0.4 is 11.1 Å². The summed E-state index contributed by atoms with van der Waals surface area (Å²) in [6.45, 7) is 0. The third kappa shape index (κ3) is 3.92. The summed E-state index contributed by atoms with van der Waals surface area (Å²) in [6, 6.07) is 0.829. The summed E-state index contributed by atoms with van der Waals surface area (Å²) < 4.78 is 26.8. The van der Waals surface area contributed by atoms with Gasteiger partial charge in [0.15, 0.2) is 15.5 Å². The molecule has 1 saturated heterocycles. The number of hydrogen-bond donors (Lipinski definition) is 2. The zero-order valence-corrected chi connectivity index (χ0v) is 18.8. The van der Waals surface area contributed by atoms with Crippen LogP contribution in [0.15, 0.2) is 42.4 Å². The standard InChI is InChI=1S/C20H21N7O3S2/c1-26-8-14(6-23-26)13-5-22-19-15(7-24-27(19)9-13)12-4-18(31-10-12)20(28)25-17-2-3-32(29,30)11-16(17)21/h4-10,16-17H,2-3,11,21H2,1H3,(H,25,28)/t16-,17-/m0/s1. The number of hydrogen-bond acceptors (Lipinski definition) is 8. The molecule has 10 nitrogen and oxygen atoms in total. The molecule has 0 aliphatic carbocycles. The molecule has 0 spiro atoms. The maximum absolute atomic E-state index is 12.7. The maximum Gasteiger partial charge on any atom is 0.261 e. The first-order valence-corrected chi connectivity index (χ1v) is 12.7. The summed E-state index contributed by atoms with van der Waals surface area (Å²) >= 11 is 1.31. The van der Waals surface area contributed by atoms with Gasteiger partial charge in [-0.25, -0.2) is 17.9 Å². The Labute approximate surface area is 188 Å². The van der Waals surface area contributed by atoms with Gasteiger partial charge >= 0.3 is 0 Å². The zero-order chi connectivity index (χ0) is 22.5. The molecule has 1 amide bonds. The second kappa shape index (κ2) is 7.80. The van der Waals surface area contributed by atoms with E-state index in [1.54, 1.807) is 33.9 Å². The van der Waals surface area contributed by atoms with Crippen LogP contribution in [-0.4, -0.2) is 62.3 Å². The fourth-order valence-electron chi connectivity index (χ4n) is 3.83. The molecule has 1 fully saturated rings. The Bertz CT molecular complexity index is 1420. The van der Waals surface area contributed by atoms with E-state index in [0.717, 1.165) is 22.3 Å². The van der Waals surface area contributed by atoms with Gasteiger partial charge in [0.05, 0.1) is 28.8 Å².